The highest BCUT2D eigenvalue weighted by Crippen LogP contribution is 2.33. The molecule has 7 heteroatoms. The van der Waals surface area contributed by atoms with E-state index in [0.717, 1.165) is 53.6 Å². The van der Waals surface area contributed by atoms with Crippen molar-refractivity contribution in [2.24, 2.45) is 7.05 Å². The van der Waals surface area contributed by atoms with E-state index in [2.05, 4.69) is 22.4 Å². The van der Waals surface area contributed by atoms with Crippen LogP contribution >= 0.6 is 11.3 Å². The second-order valence-electron chi connectivity index (χ2n) is 7.69. The number of aryl methyl sites for hydroxylation is 3. The van der Waals surface area contributed by atoms with Crippen LogP contribution in [0.3, 0.4) is 0 Å². The van der Waals surface area contributed by atoms with Crippen LogP contribution in [0.4, 0.5) is 0 Å². The Bertz CT molecular complexity index is 811. The van der Waals surface area contributed by atoms with Gasteiger partial charge in [0.05, 0.1) is 22.4 Å². The molecule has 140 valence electrons. The number of carbonyl (C=O) groups excluding carboxylic acids is 1. The summed E-state index contributed by atoms with van der Waals surface area (Å²) in [5.41, 5.74) is 3.15. The molecular weight excluding hydrogens is 346 g/mol. The van der Waals surface area contributed by atoms with E-state index in [9.17, 15) is 4.79 Å². The quantitative estimate of drug-likeness (QED) is 0.899. The van der Waals surface area contributed by atoms with Crippen LogP contribution in [0.25, 0.3) is 0 Å². The Hall–Kier alpha value is -1.73. The molecule has 0 aromatic carbocycles. The first-order valence-corrected chi connectivity index (χ1v) is 10.3. The highest BCUT2D eigenvalue weighted by molar-refractivity contribution is 7.13. The summed E-state index contributed by atoms with van der Waals surface area (Å²) in [6.45, 7) is 4.15. The molecule has 2 aromatic rings. The summed E-state index contributed by atoms with van der Waals surface area (Å²) in [5, 5.41) is 8.88. The average molecular weight is 374 g/mol. The number of likely N-dealkylation sites (tertiary alicyclic amines) is 1. The number of hydrogen-bond donors (Lipinski definition) is 1. The Kier molecular flexibility index (Phi) is 4.84. The number of thiazole rings is 1. The fourth-order valence-electron chi connectivity index (χ4n) is 4.21. The second-order valence-corrected chi connectivity index (χ2v) is 8.72. The number of nitrogens with zero attached hydrogens (tertiary/aromatic N) is 4. The first-order valence-electron chi connectivity index (χ1n) is 9.50. The predicted molar refractivity (Wildman–Crippen MR) is 103 cm³/mol. The fourth-order valence-corrected chi connectivity index (χ4v) is 5.31. The minimum atomic E-state index is 0.0112. The topological polar surface area (TPSA) is 63.1 Å². The van der Waals surface area contributed by atoms with E-state index in [1.807, 2.05) is 24.9 Å². The molecule has 2 aliphatic rings. The summed E-state index contributed by atoms with van der Waals surface area (Å²) in [4.78, 5) is 20.8. The van der Waals surface area contributed by atoms with Crippen LogP contribution in [0.5, 0.6) is 0 Å². The van der Waals surface area contributed by atoms with Gasteiger partial charge >= 0.3 is 0 Å². The highest BCUT2D eigenvalue weighted by atomic mass is 32.1. The standard InChI is InChI=1S/C19H27N5OS/c1-12-17(26-19(20-12)13-6-5-9-23(2)10-13)18(25)21-15-7-4-8-16-14(15)11-24(3)22-16/h11,13,15H,4-10H2,1-3H3,(H,21,25). The lowest BCUT2D eigenvalue weighted by Crippen LogP contribution is -2.30. The molecule has 3 heterocycles. The normalized spacial score (nSPS) is 23.7. The maximum Gasteiger partial charge on any atom is 0.263 e. The molecule has 0 bridgehead atoms. The van der Waals surface area contributed by atoms with Gasteiger partial charge in [-0.15, -0.1) is 11.3 Å². The summed E-state index contributed by atoms with van der Waals surface area (Å²) in [7, 11) is 4.10. The van der Waals surface area contributed by atoms with Gasteiger partial charge in [0.2, 0.25) is 0 Å². The summed E-state index contributed by atoms with van der Waals surface area (Å²) < 4.78 is 1.85. The Balaban J connectivity index is 1.50. The monoisotopic (exact) mass is 373 g/mol. The molecule has 6 nitrogen and oxygen atoms in total. The van der Waals surface area contributed by atoms with E-state index in [1.165, 1.54) is 18.4 Å². The van der Waals surface area contributed by atoms with E-state index < -0.39 is 0 Å². The average Bonchev–Trinajstić information content (AvgIpc) is 3.17. The third kappa shape index (κ3) is 3.42. The third-order valence-corrected chi connectivity index (χ3v) is 6.84. The number of rotatable bonds is 3. The molecule has 26 heavy (non-hydrogen) atoms. The van der Waals surface area contributed by atoms with Gasteiger partial charge in [0.1, 0.15) is 4.88 Å². The van der Waals surface area contributed by atoms with Crippen molar-refractivity contribution in [1.29, 1.82) is 0 Å². The number of carbonyl (C=O) groups is 1. The van der Waals surface area contributed by atoms with Gasteiger partial charge < -0.3 is 10.2 Å². The molecule has 1 fully saturated rings. The first kappa shape index (κ1) is 17.7. The number of likely N-dealkylation sites (N-methyl/N-ethyl adjacent to an activating group) is 1. The predicted octanol–water partition coefficient (Wildman–Crippen LogP) is 2.80. The lowest BCUT2D eigenvalue weighted by Gasteiger charge is -2.28. The molecule has 0 radical (unpaired) electrons. The van der Waals surface area contributed by atoms with Crippen molar-refractivity contribution in [3.05, 3.63) is 33.0 Å². The third-order valence-electron chi connectivity index (χ3n) is 5.52. The van der Waals surface area contributed by atoms with E-state index >= 15 is 0 Å². The minimum absolute atomic E-state index is 0.0112. The zero-order chi connectivity index (χ0) is 18.3. The Morgan fingerprint density at radius 2 is 2.15 bits per heavy atom. The van der Waals surface area contributed by atoms with Crippen molar-refractivity contribution in [3.8, 4) is 0 Å². The van der Waals surface area contributed by atoms with E-state index in [1.54, 1.807) is 11.3 Å². The molecular formula is C19H27N5OS. The number of hydrogen-bond acceptors (Lipinski definition) is 5. The van der Waals surface area contributed by atoms with Gasteiger partial charge in [0.15, 0.2) is 0 Å². The molecule has 0 spiro atoms. The summed E-state index contributed by atoms with van der Waals surface area (Å²) >= 11 is 1.58. The Labute approximate surface area is 158 Å². The van der Waals surface area contributed by atoms with Crippen molar-refractivity contribution in [2.45, 2.75) is 51.0 Å². The SMILES string of the molecule is Cc1nc(C2CCCN(C)C2)sc1C(=O)NC1CCCc2nn(C)cc21. The molecule has 2 atom stereocenters. The lowest BCUT2D eigenvalue weighted by atomic mass is 9.93. The maximum absolute atomic E-state index is 12.9. The van der Waals surface area contributed by atoms with Crippen molar-refractivity contribution in [3.63, 3.8) is 0 Å². The number of aromatic nitrogens is 3. The second kappa shape index (κ2) is 7.12. The van der Waals surface area contributed by atoms with Crippen LogP contribution in [0, 0.1) is 6.92 Å². The summed E-state index contributed by atoms with van der Waals surface area (Å²) in [6.07, 6.45) is 7.45. The van der Waals surface area contributed by atoms with Crippen LogP contribution in [0.2, 0.25) is 0 Å². The zero-order valence-corrected chi connectivity index (χ0v) is 16.6. The van der Waals surface area contributed by atoms with Crippen LogP contribution < -0.4 is 5.32 Å². The number of amides is 1. The van der Waals surface area contributed by atoms with Crippen molar-refractivity contribution >= 4 is 17.2 Å². The van der Waals surface area contributed by atoms with Gasteiger partial charge in [-0.05, 0) is 52.6 Å². The molecule has 4 rings (SSSR count). The molecule has 1 saturated heterocycles. The van der Waals surface area contributed by atoms with Gasteiger partial charge in [-0.25, -0.2) is 4.98 Å². The minimum Gasteiger partial charge on any atom is -0.344 e. The van der Waals surface area contributed by atoms with Gasteiger partial charge in [0, 0.05) is 31.3 Å². The van der Waals surface area contributed by atoms with E-state index in [0.29, 0.717) is 5.92 Å². The molecule has 1 aliphatic carbocycles. The highest BCUT2D eigenvalue weighted by Gasteiger charge is 2.28. The Morgan fingerprint density at radius 1 is 1.31 bits per heavy atom. The summed E-state index contributed by atoms with van der Waals surface area (Å²) in [5.74, 6) is 0.468. The van der Waals surface area contributed by atoms with E-state index in [4.69, 9.17) is 4.98 Å². The van der Waals surface area contributed by atoms with Gasteiger partial charge in [-0.3, -0.25) is 9.48 Å². The van der Waals surface area contributed by atoms with Crippen molar-refractivity contribution < 1.29 is 4.79 Å². The van der Waals surface area contributed by atoms with Crippen LogP contribution in [0.15, 0.2) is 6.20 Å². The van der Waals surface area contributed by atoms with Gasteiger partial charge in [0.25, 0.3) is 5.91 Å². The number of fused-ring (bicyclic) bond motifs is 1. The number of nitrogens with one attached hydrogen (secondary N) is 1. The smallest absolute Gasteiger partial charge is 0.263 e. The molecule has 1 N–H and O–H groups in total. The molecule has 2 unspecified atom stereocenters. The maximum atomic E-state index is 12.9. The molecule has 1 amide bonds. The van der Waals surface area contributed by atoms with Gasteiger partial charge in [-0.2, -0.15) is 5.10 Å². The number of piperidine rings is 1. The Morgan fingerprint density at radius 3 is 2.96 bits per heavy atom. The van der Waals surface area contributed by atoms with Crippen LogP contribution in [0.1, 0.15) is 69.3 Å². The van der Waals surface area contributed by atoms with Crippen LogP contribution in [-0.2, 0) is 13.5 Å². The summed E-state index contributed by atoms with van der Waals surface area (Å²) in [6, 6.07) is 0.0608. The van der Waals surface area contributed by atoms with E-state index in [-0.39, 0.29) is 11.9 Å². The van der Waals surface area contributed by atoms with Gasteiger partial charge in [-0.1, -0.05) is 0 Å². The molecule has 2 aromatic heterocycles. The first-order chi connectivity index (χ1) is 12.5. The molecule has 1 aliphatic heterocycles. The zero-order valence-electron chi connectivity index (χ0n) is 15.8. The van der Waals surface area contributed by atoms with Crippen molar-refractivity contribution in [2.75, 3.05) is 20.1 Å². The van der Waals surface area contributed by atoms with Crippen LogP contribution in [-0.4, -0.2) is 45.7 Å². The lowest BCUT2D eigenvalue weighted by molar-refractivity contribution is 0.0936. The van der Waals surface area contributed by atoms with Crippen molar-refractivity contribution in [1.82, 2.24) is 25.0 Å². The molecule has 0 saturated carbocycles. The fraction of sp³-hybridized carbons (Fsp3) is 0.632. The largest absolute Gasteiger partial charge is 0.344 e.